The van der Waals surface area contributed by atoms with E-state index in [1.54, 1.807) is 0 Å². The van der Waals surface area contributed by atoms with Crippen LogP contribution in [0.3, 0.4) is 0 Å². The highest BCUT2D eigenvalue weighted by molar-refractivity contribution is 14.0. The number of benzene rings is 2. The summed E-state index contributed by atoms with van der Waals surface area (Å²) in [5, 5.41) is 13.9. The van der Waals surface area contributed by atoms with E-state index in [0.29, 0.717) is 0 Å². The Balaban J connectivity index is 0.00000280. The lowest BCUT2D eigenvalue weighted by Crippen LogP contribution is -2.39. The van der Waals surface area contributed by atoms with E-state index in [9.17, 15) is 0 Å². The molecule has 6 heteroatoms. The topological polar surface area (TPSA) is 54.2 Å². The first-order valence-corrected chi connectivity index (χ1v) is 9.59. The minimum absolute atomic E-state index is 0. The SMILES string of the molecule is CN=C(NCCCn1nc(C)cc1C)NCCc1ccc2ccccc2c1.I. The zero-order chi connectivity index (χ0) is 19.1. The van der Waals surface area contributed by atoms with Crippen LogP contribution < -0.4 is 10.6 Å². The van der Waals surface area contributed by atoms with Crippen molar-refractivity contribution in [1.82, 2.24) is 20.4 Å². The molecular formula is C22H30IN5. The number of nitrogens with zero attached hydrogens (tertiary/aromatic N) is 3. The van der Waals surface area contributed by atoms with Gasteiger partial charge >= 0.3 is 0 Å². The van der Waals surface area contributed by atoms with Gasteiger partial charge in [0.05, 0.1) is 5.69 Å². The summed E-state index contributed by atoms with van der Waals surface area (Å²) in [4.78, 5) is 4.31. The van der Waals surface area contributed by atoms with E-state index in [2.05, 4.69) is 80.9 Å². The second-order valence-electron chi connectivity index (χ2n) is 6.86. The summed E-state index contributed by atoms with van der Waals surface area (Å²) in [6.07, 6.45) is 1.98. The van der Waals surface area contributed by atoms with Crippen LogP contribution in [-0.2, 0) is 13.0 Å². The molecule has 1 aromatic heterocycles. The van der Waals surface area contributed by atoms with E-state index in [0.717, 1.165) is 44.1 Å². The molecule has 0 saturated heterocycles. The van der Waals surface area contributed by atoms with Crippen LogP contribution in [0.5, 0.6) is 0 Å². The maximum absolute atomic E-state index is 4.49. The van der Waals surface area contributed by atoms with Crippen molar-refractivity contribution in [2.75, 3.05) is 20.1 Å². The first-order chi connectivity index (χ1) is 13.2. The largest absolute Gasteiger partial charge is 0.356 e. The predicted molar refractivity (Wildman–Crippen MR) is 129 cm³/mol. The maximum atomic E-state index is 4.49. The van der Waals surface area contributed by atoms with Crippen molar-refractivity contribution in [2.24, 2.45) is 4.99 Å². The fourth-order valence-electron chi connectivity index (χ4n) is 3.28. The monoisotopic (exact) mass is 491 g/mol. The average Bonchev–Trinajstić information content (AvgIpc) is 3.00. The Morgan fingerprint density at radius 1 is 1.00 bits per heavy atom. The Bertz CT molecular complexity index is 916. The highest BCUT2D eigenvalue weighted by atomic mass is 127. The van der Waals surface area contributed by atoms with E-state index in [4.69, 9.17) is 0 Å². The summed E-state index contributed by atoms with van der Waals surface area (Å²) in [5.74, 6) is 0.851. The van der Waals surface area contributed by atoms with Gasteiger partial charge in [-0.05, 0) is 49.1 Å². The smallest absolute Gasteiger partial charge is 0.190 e. The molecule has 0 saturated carbocycles. The molecular weight excluding hydrogens is 461 g/mol. The molecule has 0 aliphatic carbocycles. The minimum atomic E-state index is 0. The molecule has 0 fully saturated rings. The van der Waals surface area contributed by atoms with Crippen LogP contribution in [0.4, 0.5) is 0 Å². The summed E-state index contributed by atoms with van der Waals surface area (Å²) < 4.78 is 2.06. The summed E-state index contributed by atoms with van der Waals surface area (Å²) in [5.41, 5.74) is 3.62. The van der Waals surface area contributed by atoms with Gasteiger partial charge in [-0.15, -0.1) is 24.0 Å². The zero-order valence-electron chi connectivity index (χ0n) is 16.9. The van der Waals surface area contributed by atoms with Gasteiger partial charge < -0.3 is 10.6 Å². The van der Waals surface area contributed by atoms with Gasteiger partial charge in [0.15, 0.2) is 5.96 Å². The maximum Gasteiger partial charge on any atom is 0.190 e. The lowest BCUT2D eigenvalue weighted by atomic mass is 10.1. The second kappa shape index (κ2) is 11.0. The standard InChI is InChI=1S/C22H29N5.HI/c1-17-15-18(2)27(26-17)14-6-12-24-22(23-3)25-13-11-19-9-10-20-7-4-5-8-21(20)16-19;/h4-5,7-10,15-16H,6,11-14H2,1-3H3,(H2,23,24,25);1H. The molecule has 3 aromatic rings. The number of hydrogen-bond donors (Lipinski definition) is 2. The Kier molecular flexibility index (Phi) is 8.76. The fourth-order valence-corrected chi connectivity index (χ4v) is 3.28. The number of aliphatic imine (C=N–C) groups is 1. The number of fused-ring (bicyclic) bond motifs is 1. The van der Waals surface area contributed by atoms with Crippen molar-refractivity contribution in [3.8, 4) is 0 Å². The Morgan fingerprint density at radius 2 is 1.75 bits per heavy atom. The Morgan fingerprint density at radius 3 is 2.46 bits per heavy atom. The molecule has 0 amide bonds. The summed E-state index contributed by atoms with van der Waals surface area (Å²) in [6, 6.07) is 17.2. The van der Waals surface area contributed by atoms with Gasteiger partial charge in [-0.2, -0.15) is 5.10 Å². The van der Waals surface area contributed by atoms with Crippen LogP contribution in [-0.4, -0.2) is 35.9 Å². The third kappa shape index (κ3) is 6.22. The Hall–Kier alpha value is -2.09. The number of nitrogens with one attached hydrogen (secondary N) is 2. The van der Waals surface area contributed by atoms with Crippen molar-refractivity contribution in [3.05, 3.63) is 65.5 Å². The van der Waals surface area contributed by atoms with Crippen molar-refractivity contribution in [1.29, 1.82) is 0 Å². The predicted octanol–water partition coefficient (Wildman–Crippen LogP) is 4.07. The number of rotatable bonds is 7. The molecule has 0 bridgehead atoms. The highest BCUT2D eigenvalue weighted by Gasteiger charge is 2.02. The molecule has 0 unspecified atom stereocenters. The van der Waals surface area contributed by atoms with Crippen molar-refractivity contribution < 1.29 is 0 Å². The molecule has 3 rings (SSSR count). The van der Waals surface area contributed by atoms with E-state index in [-0.39, 0.29) is 24.0 Å². The molecule has 2 aromatic carbocycles. The molecule has 28 heavy (non-hydrogen) atoms. The van der Waals surface area contributed by atoms with Crippen molar-refractivity contribution >= 4 is 40.7 Å². The molecule has 1 heterocycles. The third-order valence-corrected chi connectivity index (χ3v) is 4.69. The number of hydrogen-bond acceptors (Lipinski definition) is 2. The zero-order valence-corrected chi connectivity index (χ0v) is 19.2. The Labute approximate surface area is 184 Å². The second-order valence-corrected chi connectivity index (χ2v) is 6.86. The third-order valence-electron chi connectivity index (χ3n) is 4.69. The molecule has 2 N–H and O–H groups in total. The van der Waals surface area contributed by atoms with Gasteiger partial charge in [0.25, 0.3) is 0 Å². The average molecular weight is 491 g/mol. The van der Waals surface area contributed by atoms with Gasteiger partial charge in [-0.1, -0.05) is 42.5 Å². The van der Waals surface area contributed by atoms with Gasteiger partial charge in [-0.3, -0.25) is 9.67 Å². The highest BCUT2D eigenvalue weighted by Crippen LogP contribution is 2.15. The van der Waals surface area contributed by atoms with E-state index >= 15 is 0 Å². The van der Waals surface area contributed by atoms with Crippen LogP contribution in [0.15, 0.2) is 53.5 Å². The number of aromatic nitrogens is 2. The first-order valence-electron chi connectivity index (χ1n) is 9.59. The molecule has 0 atom stereocenters. The quantitative estimate of drug-likeness (QED) is 0.227. The lowest BCUT2D eigenvalue weighted by Gasteiger charge is -2.12. The molecule has 150 valence electrons. The van der Waals surface area contributed by atoms with Crippen LogP contribution in [0.2, 0.25) is 0 Å². The van der Waals surface area contributed by atoms with Crippen LogP contribution in [0.1, 0.15) is 23.4 Å². The number of aryl methyl sites for hydroxylation is 3. The summed E-state index contributed by atoms with van der Waals surface area (Å²) >= 11 is 0. The van der Waals surface area contributed by atoms with Crippen LogP contribution >= 0.6 is 24.0 Å². The van der Waals surface area contributed by atoms with Crippen molar-refractivity contribution in [2.45, 2.75) is 33.2 Å². The van der Waals surface area contributed by atoms with Crippen LogP contribution in [0, 0.1) is 13.8 Å². The molecule has 0 spiro atoms. The van der Waals surface area contributed by atoms with Gasteiger partial charge in [0, 0.05) is 32.4 Å². The molecule has 0 radical (unpaired) electrons. The fraction of sp³-hybridized carbons (Fsp3) is 0.364. The van der Waals surface area contributed by atoms with E-state index in [1.165, 1.54) is 22.0 Å². The number of halogens is 1. The summed E-state index contributed by atoms with van der Waals surface area (Å²) in [6.45, 7) is 6.77. The van der Waals surface area contributed by atoms with E-state index < -0.39 is 0 Å². The van der Waals surface area contributed by atoms with Gasteiger partial charge in [-0.25, -0.2) is 0 Å². The first kappa shape index (κ1) is 22.2. The summed E-state index contributed by atoms with van der Waals surface area (Å²) in [7, 11) is 1.81. The van der Waals surface area contributed by atoms with Crippen molar-refractivity contribution in [3.63, 3.8) is 0 Å². The normalized spacial score (nSPS) is 11.3. The molecule has 5 nitrogen and oxygen atoms in total. The molecule has 0 aliphatic rings. The van der Waals surface area contributed by atoms with Gasteiger partial charge in [0.2, 0.25) is 0 Å². The minimum Gasteiger partial charge on any atom is -0.356 e. The van der Waals surface area contributed by atoms with E-state index in [1.807, 2.05) is 14.0 Å². The van der Waals surface area contributed by atoms with Gasteiger partial charge in [0.1, 0.15) is 0 Å². The number of guanidine groups is 1. The van der Waals surface area contributed by atoms with Crippen LogP contribution in [0.25, 0.3) is 10.8 Å². The lowest BCUT2D eigenvalue weighted by molar-refractivity contribution is 0.555. The molecule has 0 aliphatic heterocycles.